The molecule has 1 saturated heterocycles. The first-order valence-corrected chi connectivity index (χ1v) is 12.5. The molecule has 2 atom stereocenters. The number of carbonyl (C=O) groups is 1. The molecule has 0 spiro atoms. The number of aryl methyl sites for hydroxylation is 2. The van der Waals surface area contributed by atoms with Crippen LogP contribution in [0.25, 0.3) is 33.5 Å². The lowest BCUT2D eigenvalue weighted by molar-refractivity contribution is -0.122. The van der Waals surface area contributed by atoms with Gasteiger partial charge in [0.2, 0.25) is 5.91 Å². The van der Waals surface area contributed by atoms with Crippen LogP contribution in [0.2, 0.25) is 0 Å². The third-order valence-corrected chi connectivity index (χ3v) is 7.78. The Labute approximate surface area is 204 Å². The largest absolute Gasteiger partial charge is 0.368 e. The molecule has 3 aromatic heterocycles. The minimum Gasteiger partial charge on any atom is -0.368 e. The average Bonchev–Trinajstić information content (AvgIpc) is 3.62. The van der Waals surface area contributed by atoms with E-state index in [1.165, 1.54) is 23.1 Å². The van der Waals surface area contributed by atoms with E-state index in [4.69, 9.17) is 15.7 Å². The minimum absolute atomic E-state index is 0.246. The first-order chi connectivity index (χ1) is 17.0. The van der Waals surface area contributed by atoms with Crippen molar-refractivity contribution in [3.05, 3.63) is 65.0 Å². The van der Waals surface area contributed by atoms with Crippen molar-refractivity contribution in [2.45, 2.75) is 51.5 Å². The van der Waals surface area contributed by atoms with Gasteiger partial charge in [0, 0.05) is 35.5 Å². The molecule has 3 N–H and O–H groups in total. The molecule has 4 heterocycles. The zero-order valence-corrected chi connectivity index (χ0v) is 20.2. The fourth-order valence-corrected chi connectivity index (χ4v) is 5.71. The Hall–Kier alpha value is -3.58. The zero-order chi connectivity index (χ0) is 24.1. The van der Waals surface area contributed by atoms with Crippen molar-refractivity contribution >= 4 is 16.9 Å². The number of aromatic amines is 1. The number of rotatable bonds is 5. The van der Waals surface area contributed by atoms with Gasteiger partial charge in [-0.1, -0.05) is 18.2 Å². The average molecular weight is 467 g/mol. The quantitative estimate of drug-likeness (QED) is 0.460. The second-order valence-corrected chi connectivity index (χ2v) is 9.95. The van der Waals surface area contributed by atoms with Crippen LogP contribution in [0.15, 0.2) is 42.6 Å². The fourth-order valence-electron chi connectivity index (χ4n) is 5.71. The number of pyridine rings is 2. The first-order valence-electron chi connectivity index (χ1n) is 12.5. The Balaban J connectivity index is 1.32. The number of carbonyl (C=O) groups excluding carboxylic acids is 1. The van der Waals surface area contributed by atoms with Crippen LogP contribution in [0.5, 0.6) is 0 Å². The van der Waals surface area contributed by atoms with Crippen molar-refractivity contribution in [3.8, 4) is 22.5 Å². The molecule has 6 rings (SSSR count). The summed E-state index contributed by atoms with van der Waals surface area (Å²) in [6.45, 7) is 5.65. The molecule has 1 fully saturated rings. The maximum Gasteiger partial charge on any atom is 0.234 e. The Morgan fingerprint density at radius 2 is 2.09 bits per heavy atom. The number of fused-ring (bicyclic) bond motifs is 2. The molecule has 0 radical (unpaired) electrons. The molecule has 7 nitrogen and oxygen atoms in total. The predicted octanol–water partition coefficient (Wildman–Crippen LogP) is 4.15. The highest BCUT2D eigenvalue weighted by molar-refractivity contribution is 5.92. The number of H-pyrrole nitrogens is 1. The minimum atomic E-state index is -0.276. The summed E-state index contributed by atoms with van der Waals surface area (Å²) in [6, 6.07) is 12.7. The third kappa shape index (κ3) is 3.80. The van der Waals surface area contributed by atoms with Crippen LogP contribution in [-0.4, -0.2) is 50.1 Å². The lowest BCUT2D eigenvalue weighted by Gasteiger charge is -2.21. The number of likely N-dealkylation sites (tertiary alicyclic amines) is 1. The smallest absolute Gasteiger partial charge is 0.234 e. The molecule has 178 valence electrons. The monoisotopic (exact) mass is 466 g/mol. The van der Waals surface area contributed by atoms with Gasteiger partial charge < -0.3 is 5.73 Å². The van der Waals surface area contributed by atoms with Crippen molar-refractivity contribution in [2.75, 3.05) is 13.1 Å². The number of aromatic nitrogens is 4. The van der Waals surface area contributed by atoms with Gasteiger partial charge in [0.05, 0.1) is 17.3 Å². The highest BCUT2D eigenvalue weighted by atomic mass is 16.1. The molecule has 35 heavy (non-hydrogen) atoms. The fraction of sp³-hybridized carbons (Fsp3) is 0.357. The van der Waals surface area contributed by atoms with Gasteiger partial charge in [-0.05, 0) is 81.0 Å². The van der Waals surface area contributed by atoms with E-state index in [-0.39, 0.29) is 11.9 Å². The Morgan fingerprint density at radius 1 is 1.20 bits per heavy atom. The van der Waals surface area contributed by atoms with Crippen LogP contribution < -0.4 is 5.73 Å². The van der Waals surface area contributed by atoms with Crippen molar-refractivity contribution in [1.82, 2.24) is 25.1 Å². The lowest BCUT2D eigenvalue weighted by Crippen LogP contribution is -2.41. The molecule has 4 aromatic rings. The maximum absolute atomic E-state index is 11.6. The molecule has 1 aliphatic carbocycles. The topological polar surface area (TPSA) is 101 Å². The number of primary amides is 1. The van der Waals surface area contributed by atoms with E-state index in [9.17, 15) is 4.79 Å². The number of hydrogen-bond donors (Lipinski definition) is 2. The summed E-state index contributed by atoms with van der Waals surface area (Å²) in [5.74, 6) is 0.0243. The van der Waals surface area contributed by atoms with Crippen LogP contribution in [0.4, 0.5) is 0 Å². The second-order valence-electron chi connectivity index (χ2n) is 9.95. The van der Waals surface area contributed by atoms with E-state index in [1.807, 2.05) is 13.1 Å². The molecule has 0 saturated carbocycles. The first kappa shape index (κ1) is 21.9. The molecule has 0 bridgehead atoms. The van der Waals surface area contributed by atoms with Crippen molar-refractivity contribution in [3.63, 3.8) is 0 Å². The number of amides is 1. The summed E-state index contributed by atoms with van der Waals surface area (Å²) < 4.78 is 0. The molecular weight excluding hydrogens is 436 g/mol. The van der Waals surface area contributed by atoms with Gasteiger partial charge >= 0.3 is 0 Å². The molecule has 1 aromatic carbocycles. The van der Waals surface area contributed by atoms with E-state index in [1.54, 1.807) is 0 Å². The molecular formula is C28H30N6O. The number of hydrogen-bond acceptors (Lipinski definition) is 5. The Morgan fingerprint density at radius 3 is 2.89 bits per heavy atom. The van der Waals surface area contributed by atoms with Crippen LogP contribution >= 0.6 is 0 Å². The predicted molar refractivity (Wildman–Crippen MR) is 137 cm³/mol. The second kappa shape index (κ2) is 8.57. The third-order valence-electron chi connectivity index (χ3n) is 7.78. The van der Waals surface area contributed by atoms with Gasteiger partial charge in [0.15, 0.2) is 0 Å². The van der Waals surface area contributed by atoms with Crippen LogP contribution in [0, 0.1) is 6.92 Å². The normalized spacial score (nSPS) is 18.7. The van der Waals surface area contributed by atoms with Gasteiger partial charge in [-0.2, -0.15) is 5.10 Å². The van der Waals surface area contributed by atoms with Crippen molar-refractivity contribution in [1.29, 1.82) is 0 Å². The summed E-state index contributed by atoms with van der Waals surface area (Å²) in [5.41, 5.74) is 16.4. The molecule has 2 aliphatic rings. The van der Waals surface area contributed by atoms with E-state index in [0.717, 1.165) is 71.6 Å². The highest BCUT2D eigenvalue weighted by Crippen LogP contribution is 2.36. The number of nitrogens with zero attached hydrogens (tertiary/aromatic N) is 4. The molecule has 1 amide bonds. The van der Waals surface area contributed by atoms with Gasteiger partial charge in [0.1, 0.15) is 11.2 Å². The molecule has 1 aliphatic heterocycles. The Bertz CT molecular complexity index is 1420. The SMILES string of the molecule is Cc1cc2[nH]nc(-c3ccc(C4CCN(C(C)C(N)=O)C4)nc3)c2nc1-c1cccc2c1CCC2. The standard InChI is InChI=1S/C28H30N6O/c1-16-13-24-27(31-25(16)22-8-4-6-18-5-3-7-21(18)22)26(33-32-24)19-9-10-23(30-14-19)20-11-12-34(15-20)17(2)28(29)35/h4,6,8-10,13-14,17,20H,3,5,7,11-12,15H2,1-2H3,(H2,29,35)(H,32,33). The molecule has 2 unspecified atom stereocenters. The highest BCUT2D eigenvalue weighted by Gasteiger charge is 2.30. The van der Waals surface area contributed by atoms with Crippen LogP contribution in [-0.2, 0) is 17.6 Å². The van der Waals surface area contributed by atoms with E-state index < -0.39 is 0 Å². The summed E-state index contributed by atoms with van der Waals surface area (Å²) in [6.07, 6.45) is 6.35. The van der Waals surface area contributed by atoms with Gasteiger partial charge in [0.25, 0.3) is 0 Å². The summed E-state index contributed by atoms with van der Waals surface area (Å²) in [4.78, 5) is 23.6. The molecule has 7 heteroatoms. The van der Waals surface area contributed by atoms with E-state index in [0.29, 0.717) is 5.92 Å². The van der Waals surface area contributed by atoms with Gasteiger partial charge in [-0.25, -0.2) is 4.98 Å². The number of benzene rings is 1. The van der Waals surface area contributed by atoms with Crippen molar-refractivity contribution in [2.24, 2.45) is 5.73 Å². The zero-order valence-electron chi connectivity index (χ0n) is 20.2. The van der Waals surface area contributed by atoms with E-state index in [2.05, 4.69) is 58.4 Å². The Kier molecular flexibility index (Phi) is 5.37. The van der Waals surface area contributed by atoms with Crippen LogP contribution in [0.1, 0.15) is 48.1 Å². The maximum atomic E-state index is 11.6. The lowest BCUT2D eigenvalue weighted by atomic mass is 9.97. The van der Waals surface area contributed by atoms with Crippen molar-refractivity contribution < 1.29 is 4.79 Å². The number of nitrogens with two attached hydrogens (primary N) is 1. The van der Waals surface area contributed by atoms with Crippen LogP contribution in [0.3, 0.4) is 0 Å². The van der Waals surface area contributed by atoms with Gasteiger partial charge in [-0.15, -0.1) is 0 Å². The van der Waals surface area contributed by atoms with Gasteiger partial charge in [-0.3, -0.25) is 19.8 Å². The summed E-state index contributed by atoms with van der Waals surface area (Å²) in [7, 11) is 0. The number of nitrogens with one attached hydrogen (secondary N) is 1. The summed E-state index contributed by atoms with van der Waals surface area (Å²) >= 11 is 0. The van der Waals surface area contributed by atoms with E-state index >= 15 is 0 Å². The summed E-state index contributed by atoms with van der Waals surface area (Å²) in [5, 5.41) is 7.78.